The standard InChI is InChI=1S/C15H12Br4O2.CH2O3/c1-15(2,7-3-9(16)13(20)10(17)4-7)8-5-11(18)14(21)12(19)6-8;2-1(3)4/h3-6,20-21H,1-2H3;(H2,2,3,4). The fraction of sp³-hybridized carbons (Fsp3) is 0.188. The van der Waals surface area contributed by atoms with E-state index in [1.807, 2.05) is 24.3 Å². The van der Waals surface area contributed by atoms with Crippen LogP contribution >= 0.6 is 63.7 Å². The molecular formula is C16H14Br4O5. The van der Waals surface area contributed by atoms with E-state index in [0.717, 1.165) is 11.1 Å². The van der Waals surface area contributed by atoms with E-state index < -0.39 is 6.16 Å². The molecule has 136 valence electrons. The number of hydrogen-bond donors (Lipinski definition) is 4. The van der Waals surface area contributed by atoms with E-state index >= 15 is 0 Å². The molecule has 9 heteroatoms. The minimum Gasteiger partial charge on any atom is -0.506 e. The van der Waals surface area contributed by atoms with E-state index in [1.165, 1.54) is 0 Å². The zero-order chi connectivity index (χ0) is 19.5. The summed E-state index contributed by atoms with van der Waals surface area (Å²) in [6, 6.07) is 7.59. The lowest BCUT2D eigenvalue weighted by Gasteiger charge is -2.27. The summed E-state index contributed by atoms with van der Waals surface area (Å²) < 4.78 is 2.54. The first-order valence-electron chi connectivity index (χ1n) is 6.66. The highest BCUT2D eigenvalue weighted by atomic mass is 79.9. The second-order valence-electron chi connectivity index (χ2n) is 5.48. The Balaban J connectivity index is 0.000000705. The number of phenolic OH excluding ortho intramolecular Hbond substituents is 2. The quantitative estimate of drug-likeness (QED) is 0.306. The molecule has 0 aliphatic heterocycles. The van der Waals surface area contributed by atoms with Gasteiger partial charge in [-0.3, -0.25) is 0 Å². The van der Waals surface area contributed by atoms with Crippen molar-refractivity contribution in [3.05, 3.63) is 53.3 Å². The number of carboxylic acid groups (broad SMARTS) is 2. The first-order valence-corrected chi connectivity index (χ1v) is 9.84. The average molecular weight is 606 g/mol. The SMILES string of the molecule is CC(C)(c1cc(Br)c(O)c(Br)c1)c1cc(Br)c(O)c(Br)c1.O=C(O)O. The Hall–Kier alpha value is -0.770. The van der Waals surface area contributed by atoms with E-state index in [9.17, 15) is 10.2 Å². The van der Waals surface area contributed by atoms with E-state index in [1.54, 1.807) is 0 Å². The molecule has 0 heterocycles. The Bertz CT molecular complexity index is 696. The molecule has 4 N–H and O–H groups in total. The van der Waals surface area contributed by atoms with Crippen molar-refractivity contribution in [1.29, 1.82) is 0 Å². The van der Waals surface area contributed by atoms with E-state index in [4.69, 9.17) is 15.0 Å². The largest absolute Gasteiger partial charge is 0.506 e. The Kier molecular flexibility index (Phi) is 7.79. The Morgan fingerprint density at radius 1 is 0.760 bits per heavy atom. The summed E-state index contributed by atoms with van der Waals surface area (Å²) in [5.74, 6) is 0.366. The Morgan fingerprint density at radius 2 is 0.960 bits per heavy atom. The van der Waals surface area contributed by atoms with Gasteiger partial charge in [-0.15, -0.1) is 0 Å². The van der Waals surface area contributed by atoms with Gasteiger partial charge >= 0.3 is 6.16 Å². The van der Waals surface area contributed by atoms with Crippen LogP contribution in [0.25, 0.3) is 0 Å². The number of aromatic hydroxyl groups is 2. The monoisotopic (exact) mass is 602 g/mol. The zero-order valence-corrected chi connectivity index (χ0v) is 19.4. The van der Waals surface area contributed by atoms with Gasteiger partial charge in [-0.25, -0.2) is 4.79 Å². The number of halogens is 4. The molecule has 0 aliphatic rings. The second kappa shape index (κ2) is 8.75. The number of benzene rings is 2. The lowest BCUT2D eigenvalue weighted by atomic mass is 9.78. The molecule has 0 amide bonds. The highest BCUT2D eigenvalue weighted by molar-refractivity contribution is 9.11. The molecular weight excluding hydrogens is 592 g/mol. The maximum atomic E-state index is 9.85. The van der Waals surface area contributed by atoms with Gasteiger partial charge < -0.3 is 20.4 Å². The van der Waals surface area contributed by atoms with Gasteiger partial charge in [0.15, 0.2) is 0 Å². The normalized spacial score (nSPS) is 10.8. The van der Waals surface area contributed by atoms with Gasteiger partial charge in [0.25, 0.3) is 0 Å². The van der Waals surface area contributed by atoms with Crippen LogP contribution in [0.1, 0.15) is 25.0 Å². The Labute approximate surface area is 178 Å². The van der Waals surface area contributed by atoms with Crippen molar-refractivity contribution in [3.63, 3.8) is 0 Å². The van der Waals surface area contributed by atoms with Gasteiger partial charge in [0, 0.05) is 5.41 Å². The van der Waals surface area contributed by atoms with Crippen molar-refractivity contribution in [1.82, 2.24) is 0 Å². The summed E-state index contributed by atoms with van der Waals surface area (Å²) in [7, 11) is 0. The molecule has 0 saturated carbocycles. The topological polar surface area (TPSA) is 98.0 Å². The van der Waals surface area contributed by atoms with Crippen LogP contribution < -0.4 is 0 Å². The molecule has 5 nitrogen and oxygen atoms in total. The third-order valence-corrected chi connectivity index (χ3v) is 5.90. The molecule has 0 bridgehead atoms. The molecule has 0 unspecified atom stereocenters. The lowest BCUT2D eigenvalue weighted by Crippen LogP contribution is -2.19. The maximum Gasteiger partial charge on any atom is 0.503 e. The molecule has 2 aromatic carbocycles. The van der Waals surface area contributed by atoms with Gasteiger partial charge in [0.1, 0.15) is 11.5 Å². The van der Waals surface area contributed by atoms with Gasteiger partial charge in [-0.1, -0.05) is 13.8 Å². The number of rotatable bonds is 2. The third kappa shape index (κ3) is 5.60. The van der Waals surface area contributed by atoms with E-state index in [0.29, 0.717) is 17.9 Å². The molecule has 0 spiro atoms. The minimum atomic E-state index is -1.83. The van der Waals surface area contributed by atoms with Crippen LogP contribution in [0.15, 0.2) is 42.2 Å². The average Bonchev–Trinajstić information content (AvgIpc) is 2.48. The molecule has 0 saturated heterocycles. The van der Waals surface area contributed by atoms with Crippen molar-refractivity contribution < 1.29 is 25.2 Å². The van der Waals surface area contributed by atoms with Crippen LogP contribution in [0.5, 0.6) is 11.5 Å². The smallest absolute Gasteiger partial charge is 0.503 e. The fourth-order valence-corrected chi connectivity index (χ4v) is 4.39. The predicted molar refractivity (Wildman–Crippen MR) is 110 cm³/mol. The van der Waals surface area contributed by atoms with Crippen molar-refractivity contribution in [2.75, 3.05) is 0 Å². The number of phenols is 2. The third-order valence-electron chi connectivity index (χ3n) is 3.48. The predicted octanol–water partition coefficient (Wildman–Crippen LogP) is 6.70. The van der Waals surface area contributed by atoms with Crippen molar-refractivity contribution in [2.24, 2.45) is 0 Å². The summed E-state index contributed by atoms with van der Waals surface area (Å²) in [5.41, 5.74) is 1.75. The highest BCUT2D eigenvalue weighted by Crippen LogP contribution is 2.43. The first-order chi connectivity index (χ1) is 11.4. The zero-order valence-electron chi connectivity index (χ0n) is 13.0. The number of carbonyl (C=O) groups is 1. The van der Waals surface area contributed by atoms with Crippen molar-refractivity contribution in [3.8, 4) is 11.5 Å². The maximum absolute atomic E-state index is 9.85. The Morgan fingerprint density at radius 3 is 1.16 bits per heavy atom. The molecule has 2 rings (SSSR count). The lowest BCUT2D eigenvalue weighted by molar-refractivity contribution is 0.137. The van der Waals surface area contributed by atoms with Gasteiger partial charge in [0.2, 0.25) is 0 Å². The van der Waals surface area contributed by atoms with Gasteiger partial charge in [-0.2, -0.15) is 0 Å². The summed E-state index contributed by atoms with van der Waals surface area (Å²) in [5, 5.41) is 33.6. The van der Waals surface area contributed by atoms with Gasteiger partial charge in [-0.05, 0) is 99.1 Å². The second-order valence-corrected chi connectivity index (χ2v) is 8.90. The minimum absolute atomic E-state index is 0.183. The first kappa shape index (κ1) is 22.3. The summed E-state index contributed by atoms with van der Waals surface area (Å²) in [6.45, 7) is 4.17. The number of hydrogen-bond acceptors (Lipinski definition) is 3. The highest BCUT2D eigenvalue weighted by Gasteiger charge is 2.26. The van der Waals surface area contributed by atoms with Crippen molar-refractivity contribution in [2.45, 2.75) is 19.3 Å². The van der Waals surface area contributed by atoms with Crippen LogP contribution in [0.4, 0.5) is 4.79 Å². The van der Waals surface area contributed by atoms with Gasteiger partial charge in [0.05, 0.1) is 17.9 Å². The van der Waals surface area contributed by atoms with Crippen LogP contribution in [0.3, 0.4) is 0 Å². The fourth-order valence-electron chi connectivity index (χ4n) is 2.02. The van der Waals surface area contributed by atoms with E-state index in [-0.39, 0.29) is 16.9 Å². The van der Waals surface area contributed by atoms with Crippen LogP contribution in [-0.2, 0) is 5.41 Å². The van der Waals surface area contributed by atoms with E-state index in [2.05, 4.69) is 77.6 Å². The summed E-state index contributed by atoms with van der Waals surface area (Å²) in [6.07, 6.45) is -1.83. The molecule has 0 radical (unpaired) electrons. The molecule has 2 aromatic rings. The molecule has 25 heavy (non-hydrogen) atoms. The molecule has 0 fully saturated rings. The molecule has 0 atom stereocenters. The van der Waals surface area contributed by atoms with Crippen molar-refractivity contribution >= 4 is 69.9 Å². The van der Waals surface area contributed by atoms with Crippen LogP contribution in [-0.4, -0.2) is 26.6 Å². The molecule has 0 aliphatic carbocycles. The van der Waals surface area contributed by atoms with Crippen LogP contribution in [0, 0.1) is 0 Å². The molecule has 0 aromatic heterocycles. The summed E-state index contributed by atoms with van der Waals surface area (Å²) in [4.78, 5) is 8.56. The van der Waals surface area contributed by atoms with Crippen LogP contribution in [0.2, 0.25) is 0 Å². The summed E-state index contributed by atoms with van der Waals surface area (Å²) >= 11 is 13.5.